The maximum absolute atomic E-state index is 12.4. The predicted octanol–water partition coefficient (Wildman–Crippen LogP) is 8.55. The fourth-order valence-corrected chi connectivity index (χ4v) is 4.62. The number of aromatic nitrogens is 1. The van der Waals surface area contributed by atoms with Gasteiger partial charge >= 0.3 is 0 Å². The molecule has 0 radical (unpaired) electrons. The highest BCUT2D eigenvalue weighted by atomic mass is 35.5. The standard InChI is InChI=1S/C28H18Cl3N3O3S/c1-15-2-7-23-25(10-15)37-27(33-23)21-14-19(3-6-22(21)31)32-28(38)34-26(35)9-5-20-4-8-24(36-20)16-11-17(29)13-18(30)12-16/h2-14H,1H3,(H2,32,34,35,38)/b9-5+. The van der Waals surface area contributed by atoms with Gasteiger partial charge in [0, 0.05) is 27.4 Å². The van der Waals surface area contributed by atoms with E-state index in [0.29, 0.717) is 49.3 Å². The van der Waals surface area contributed by atoms with Crippen LogP contribution in [0, 0.1) is 6.92 Å². The van der Waals surface area contributed by atoms with Crippen LogP contribution >= 0.6 is 47.0 Å². The lowest BCUT2D eigenvalue weighted by Gasteiger charge is -2.09. The van der Waals surface area contributed by atoms with Crippen molar-refractivity contribution in [3.63, 3.8) is 0 Å². The monoisotopic (exact) mass is 581 g/mol. The number of amides is 1. The molecule has 0 spiro atoms. The van der Waals surface area contributed by atoms with Crippen LogP contribution in [-0.2, 0) is 4.79 Å². The fourth-order valence-electron chi connectivity index (χ4n) is 3.68. The molecule has 0 aliphatic rings. The second-order valence-corrected chi connectivity index (χ2v) is 10.0. The third kappa shape index (κ3) is 6.09. The van der Waals surface area contributed by atoms with Crippen LogP contribution in [0.15, 0.2) is 81.6 Å². The van der Waals surface area contributed by atoms with Gasteiger partial charge in [-0.2, -0.15) is 0 Å². The zero-order valence-electron chi connectivity index (χ0n) is 19.7. The van der Waals surface area contributed by atoms with Crippen LogP contribution < -0.4 is 10.6 Å². The third-order valence-corrected chi connectivity index (χ3v) is 6.38. The highest BCUT2D eigenvalue weighted by Gasteiger charge is 2.14. The lowest BCUT2D eigenvalue weighted by atomic mass is 10.2. The van der Waals surface area contributed by atoms with Gasteiger partial charge in [0.15, 0.2) is 10.7 Å². The van der Waals surface area contributed by atoms with Crippen molar-refractivity contribution in [1.82, 2.24) is 10.3 Å². The smallest absolute Gasteiger partial charge is 0.250 e. The fraction of sp³-hybridized carbons (Fsp3) is 0.0357. The average molecular weight is 583 g/mol. The molecule has 5 aromatic rings. The van der Waals surface area contributed by atoms with Crippen LogP contribution in [0.3, 0.4) is 0 Å². The number of anilines is 1. The molecule has 3 aromatic carbocycles. The minimum atomic E-state index is -0.435. The van der Waals surface area contributed by atoms with Crippen molar-refractivity contribution in [2.75, 3.05) is 5.32 Å². The number of halogens is 3. The van der Waals surface area contributed by atoms with Gasteiger partial charge in [0.1, 0.15) is 17.0 Å². The van der Waals surface area contributed by atoms with Crippen molar-refractivity contribution < 1.29 is 13.6 Å². The SMILES string of the molecule is Cc1ccc2nc(-c3cc(NC(=S)NC(=O)/C=C/c4ccc(-c5cc(Cl)cc(Cl)c5)o4)ccc3Cl)oc2c1. The van der Waals surface area contributed by atoms with Gasteiger partial charge in [0.05, 0.1) is 10.6 Å². The first-order valence-electron chi connectivity index (χ1n) is 11.3. The van der Waals surface area contributed by atoms with E-state index in [1.807, 2.05) is 25.1 Å². The Morgan fingerprint density at radius 2 is 1.74 bits per heavy atom. The van der Waals surface area contributed by atoms with E-state index in [0.717, 1.165) is 16.6 Å². The Balaban J connectivity index is 1.23. The summed E-state index contributed by atoms with van der Waals surface area (Å²) in [7, 11) is 0. The number of fused-ring (bicyclic) bond motifs is 1. The maximum atomic E-state index is 12.4. The Bertz CT molecular complexity index is 1700. The molecule has 2 aromatic heterocycles. The molecule has 1 amide bonds. The molecule has 190 valence electrons. The van der Waals surface area contributed by atoms with E-state index in [-0.39, 0.29) is 5.11 Å². The second kappa shape index (κ2) is 11.0. The van der Waals surface area contributed by atoms with E-state index in [9.17, 15) is 4.79 Å². The van der Waals surface area contributed by atoms with E-state index in [1.165, 1.54) is 12.2 Å². The van der Waals surface area contributed by atoms with Crippen molar-refractivity contribution in [2.24, 2.45) is 0 Å². The van der Waals surface area contributed by atoms with Crippen LogP contribution in [0.4, 0.5) is 5.69 Å². The van der Waals surface area contributed by atoms with Crippen LogP contribution in [0.5, 0.6) is 0 Å². The van der Waals surface area contributed by atoms with E-state index in [1.54, 1.807) is 48.5 Å². The van der Waals surface area contributed by atoms with Gasteiger partial charge < -0.3 is 14.2 Å². The Kier molecular flexibility index (Phi) is 7.53. The van der Waals surface area contributed by atoms with Gasteiger partial charge in [-0.3, -0.25) is 10.1 Å². The molecule has 0 atom stereocenters. The summed E-state index contributed by atoms with van der Waals surface area (Å²) < 4.78 is 11.7. The molecule has 0 aliphatic carbocycles. The number of carbonyl (C=O) groups is 1. The zero-order valence-corrected chi connectivity index (χ0v) is 22.8. The van der Waals surface area contributed by atoms with Crippen LogP contribution in [0.1, 0.15) is 11.3 Å². The van der Waals surface area contributed by atoms with E-state index in [4.69, 9.17) is 55.9 Å². The first-order valence-corrected chi connectivity index (χ1v) is 12.8. The Morgan fingerprint density at radius 1 is 0.947 bits per heavy atom. The number of rotatable bonds is 5. The summed E-state index contributed by atoms with van der Waals surface area (Å²) in [5.41, 5.74) is 4.39. The number of nitrogens with zero attached hydrogens (tertiary/aromatic N) is 1. The van der Waals surface area contributed by atoms with Gasteiger partial charge in [-0.05, 0) is 91.4 Å². The Morgan fingerprint density at radius 3 is 2.53 bits per heavy atom. The third-order valence-electron chi connectivity index (χ3n) is 5.41. The second-order valence-electron chi connectivity index (χ2n) is 8.32. The van der Waals surface area contributed by atoms with Gasteiger partial charge in [-0.25, -0.2) is 4.98 Å². The Labute approximate surface area is 238 Å². The molecule has 0 aliphatic heterocycles. The quantitative estimate of drug-likeness (QED) is 0.160. The molecule has 10 heteroatoms. The molecule has 5 rings (SSSR count). The minimum Gasteiger partial charge on any atom is -0.457 e. The number of furan rings is 1. The maximum Gasteiger partial charge on any atom is 0.250 e. The van der Waals surface area contributed by atoms with Crippen molar-refractivity contribution >= 4 is 80.9 Å². The van der Waals surface area contributed by atoms with E-state index in [2.05, 4.69) is 15.6 Å². The van der Waals surface area contributed by atoms with Crippen molar-refractivity contribution in [3.8, 4) is 22.8 Å². The summed E-state index contributed by atoms with van der Waals surface area (Å²) in [5.74, 6) is 0.991. The Hall–Kier alpha value is -3.62. The molecule has 2 heterocycles. The number of aryl methyl sites for hydroxylation is 1. The summed E-state index contributed by atoms with van der Waals surface area (Å²) in [5, 5.41) is 7.15. The number of benzene rings is 3. The van der Waals surface area contributed by atoms with Crippen LogP contribution in [0.2, 0.25) is 15.1 Å². The molecule has 2 N–H and O–H groups in total. The highest BCUT2D eigenvalue weighted by molar-refractivity contribution is 7.80. The van der Waals surface area contributed by atoms with Crippen molar-refractivity contribution in [1.29, 1.82) is 0 Å². The summed E-state index contributed by atoms with van der Waals surface area (Å²) in [6.45, 7) is 1.98. The number of oxazole rings is 1. The molecule has 0 fully saturated rings. The molecular formula is C28H18Cl3N3O3S. The van der Waals surface area contributed by atoms with Crippen molar-refractivity contribution in [3.05, 3.63) is 99.2 Å². The summed E-state index contributed by atoms with van der Waals surface area (Å²) in [6, 6.07) is 19.6. The van der Waals surface area contributed by atoms with Gasteiger partial charge in [0.2, 0.25) is 11.8 Å². The molecule has 0 bridgehead atoms. The highest BCUT2D eigenvalue weighted by Crippen LogP contribution is 2.33. The van der Waals surface area contributed by atoms with Crippen LogP contribution in [0.25, 0.3) is 40.0 Å². The molecule has 0 saturated carbocycles. The van der Waals surface area contributed by atoms with E-state index >= 15 is 0 Å². The lowest BCUT2D eigenvalue weighted by molar-refractivity contribution is -0.115. The topological polar surface area (TPSA) is 80.3 Å². The summed E-state index contributed by atoms with van der Waals surface area (Å²) >= 11 is 23.8. The molecule has 0 unspecified atom stereocenters. The summed E-state index contributed by atoms with van der Waals surface area (Å²) in [4.78, 5) is 16.9. The number of hydrogen-bond acceptors (Lipinski definition) is 5. The molecule has 6 nitrogen and oxygen atoms in total. The normalized spacial score (nSPS) is 11.3. The largest absolute Gasteiger partial charge is 0.457 e. The van der Waals surface area contributed by atoms with Crippen LogP contribution in [-0.4, -0.2) is 16.0 Å². The average Bonchev–Trinajstić information content (AvgIpc) is 3.50. The first-order chi connectivity index (χ1) is 18.2. The van der Waals surface area contributed by atoms with E-state index < -0.39 is 5.91 Å². The lowest BCUT2D eigenvalue weighted by Crippen LogP contribution is -2.32. The molecular weight excluding hydrogens is 565 g/mol. The van der Waals surface area contributed by atoms with Crippen molar-refractivity contribution in [2.45, 2.75) is 6.92 Å². The number of nitrogens with one attached hydrogen (secondary N) is 2. The zero-order chi connectivity index (χ0) is 26.8. The van der Waals surface area contributed by atoms with Gasteiger partial charge in [-0.1, -0.05) is 40.9 Å². The molecule has 38 heavy (non-hydrogen) atoms. The number of carbonyl (C=O) groups excluding carboxylic acids is 1. The number of thiocarbonyl (C=S) groups is 1. The summed E-state index contributed by atoms with van der Waals surface area (Å²) in [6.07, 6.45) is 2.85. The first kappa shape index (κ1) is 26.0. The number of hydrogen-bond donors (Lipinski definition) is 2. The predicted molar refractivity (Wildman–Crippen MR) is 157 cm³/mol. The molecule has 0 saturated heterocycles. The minimum absolute atomic E-state index is 0.106. The van der Waals surface area contributed by atoms with Gasteiger partial charge in [0.25, 0.3) is 0 Å². The van der Waals surface area contributed by atoms with Gasteiger partial charge in [-0.15, -0.1) is 0 Å².